The van der Waals surface area contributed by atoms with Crippen LogP contribution in [-0.4, -0.2) is 25.7 Å². The summed E-state index contributed by atoms with van der Waals surface area (Å²) < 4.78 is 2.42. The van der Waals surface area contributed by atoms with Crippen LogP contribution in [-0.2, 0) is 7.05 Å². The Bertz CT molecular complexity index is 568. The maximum atomic E-state index is 12.0. The van der Waals surface area contributed by atoms with E-state index in [0.29, 0.717) is 16.0 Å². The molecule has 1 amide bonds. The van der Waals surface area contributed by atoms with Crippen LogP contribution in [0.25, 0.3) is 0 Å². The fourth-order valence-corrected chi connectivity index (χ4v) is 2.00. The maximum Gasteiger partial charge on any atom is 0.271 e. The van der Waals surface area contributed by atoms with Crippen LogP contribution in [0.5, 0.6) is 0 Å². The average Bonchev–Trinajstić information content (AvgIpc) is 2.76. The predicted octanol–water partition coefficient (Wildman–Crippen LogP) is 1.46. The fraction of sp³-hybridized carbons (Fsp3) is 0.273. The molecule has 2 heterocycles. The van der Waals surface area contributed by atoms with Crippen LogP contribution in [0.1, 0.15) is 29.3 Å². The Labute approximate surface area is 113 Å². The maximum absolute atomic E-state index is 12.0. The van der Waals surface area contributed by atoms with Crippen molar-refractivity contribution in [3.63, 3.8) is 0 Å². The number of halogens is 1. The fourth-order valence-electron chi connectivity index (χ4n) is 1.57. The largest absolute Gasteiger partial charge is 0.341 e. The molecule has 0 spiro atoms. The van der Waals surface area contributed by atoms with Crippen LogP contribution < -0.4 is 5.32 Å². The van der Waals surface area contributed by atoms with E-state index in [1.165, 1.54) is 0 Å². The lowest BCUT2D eigenvalue weighted by Crippen LogP contribution is -2.29. The number of hydrogen-bond donors (Lipinski definition) is 1. The van der Waals surface area contributed by atoms with E-state index in [4.69, 9.17) is 0 Å². The van der Waals surface area contributed by atoms with Gasteiger partial charge in [-0.1, -0.05) is 0 Å². The molecule has 0 aliphatic heterocycles. The quantitative estimate of drug-likeness (QED) is 0.931. The number of aryl methyl sites for hydroxylation is 1. The van der Waals surface area contributed by atoms with E-state index < -0.39 is 0 Å². The highest BCUT2D eigenvalue weighted by atomic mass is 79.9. The first-order valence-corrected chi connectivity index (χ1v) is 6.14. The van der Waals surface area contributed by atoms with Crippen LogP contribution in [0.15, 0.2) is 29.1 Å². The number of nitrogens with zero attached hydrogens (tertiary/aromatic N) is 4. The Morgan fingerprint density at radius 3 is 2.94 bits per heavy atom. The lowest BCUT2D eigenvalue weighted by atomic mass is 10.2. The van der Waals surface area contributed by atoms with Gasteiger partial charge in [0.15, 0.2) is 5.82 Å². The monoisotopic (exact) mass is 309 g/mol. The summed E-state index contributed by atoms with van der Waals surface area (Å²) in [5.41, 5.74) is 0.353. The third kappa shape index (κ3) is 2.56. The number of hydrogen-bond acceptors (Lipinski definition) is 4. The van der Waals surface area contributed by atoms with Crippen LogP contribution in [0.2, 0.25) is 0 Å². The minimum atomic E-state index is -0.252. The Hall–Kier alpha value is -1.76. The van der Waals surface area contributed by atoms with Gasteiger partial charge in [-0.25, -0.2) is 4.98 Å². The Balaban J connectivity index is 2.13. The lowest BCUT2D eigenvalue weighted by molar-refractivity contribution is 0.0932. The number of aromatic nitrogens is 4. The van der Waals surface area contributed by atoms with Crippen molar-refractivity contribution >= 4 is 21.8 Å². The van der Waals surface area contributed by atoms with E-state index >= 15 is 0 Å². The molecule has 1 N–H and O–H groups in total. The molecule has 94 valence electrons. The molecule has 1 atom stereocenters. The molecule has 6 nitrogen and oxygen atoms in total. The van der Waals surface area contributed by atoms with E-state index in [-0.39, 0.29) is 11.9 Å². The summed E-state index contributed by atoms with van der Waals surface area (Å²) in [7, 11) is 1.83. The molecule has 7 heteroatoms. The van der Waals surface area contributed by atoms with Crippen LogP contribution in [0, 0.1) is 0 Å². The first-order chi connectivity index (χ1) is 8.59. The van der Waals surface area contributed by atoms with Crippen molar-refractivity contribution in [2.24, 2.45) is 7.05 Å². The predicted molar refractivity (Wildman–Crippen MR) is 68.8 cm³/mol. The Morgan fingerprint density at radius 1 is 1.56 bits per heavy atom. The van der Waals surface area contributed by atoms with Gasteiger partial charge in [0, 0.05) is 17.7 Å². The minimum Gasteiger partial charge on any atom is -0.341 e. The SMILES string of the molecule is CC(NC(=O)c1ncccc1Br)c1nncn1C. The molecule has 2 aromatic heterocycles. The van der Waals surface area contributed by atoms with E-state index in [2.05, 4.69) is 36.4 Å². The first-order valence-electron chi connectivity index (χ1n) is 5.35. The third-order valence-corrected chi connectivity index (χ3v) is 3.09. The normalized spacial score (nSPS) is 12.2. The third-order valence-electron chi connectivity index (χ3n) is 2.45. The summed E-state index contributed by atoms with van der Waals surface area (Å²) in [6.07, 6.45) is 3.17. The minimum absolute atomic E-state index is 0.237. The molecule has 0 saturated carbocycles. The molecule has 0 aromatic carbocycles. The van der Waals surface area contributed by atoms with E-state index in [9.17, 15) is 4.79 Å². The van der Waals surface area contributed by atoms with Crippen molar-refractivity contribution in [3.05, 3.63) is 40.6 Å². The number of rotatable bonds is 3. The molecule has 2 aromatic rings. The van der Waals surface area contributed by atoms with Crippen molar-refractivity contribution in [3.8, 4) is 0 Å². The number of nitrogens with one attached hydrogen (secondary N) is 1. The Morgan fingerprint density at radius 2 is 2.33 bits per heavy atom. The van der Waals surface area contributed by atoms with E-state index in [1.54, 1.807) is 29.2 Å². The second-order valence-electron chi connectivity index (χ2n) is 3.83. The zero-order chi connectivity index (χ0) is 13.1. The van der Waals surface area contributed by atoms with Crippen molar-refractivity contribution in [1.29, 1.82) is 0 Å². The zero-order valence-corrected chi connectivity index (χ0v) is 11.5. The molecule has 0 bridgehead atoms. The molecule has 0 radical (unpaired) electrons. The van der Waals surface area contributed by atoms with Gasteiger partial charge in [0.05, 0.1) is 6.04 Å². The number of pyridine rings is 1. The number of carbonyl (C=O) groups excluding carboxylic acids is 1. The molecule has 1 unspecified atom stereocenters. The van der Waals surface area contributed by atoms with Crippen LogP contribution in [0.3, 0.4) is 0 Å². The molecule has 0 aliphatic carbocycles. The van der Waals surface area contributed by atoms with Crippen LogP contribution in [0.4, 0.5) is 0 Å². The van der Waals surface area contributed by atoms with Gasteiger partial charge in [-0.3, -0.25) is 4.79 Å². The summed E-state index contributed by atoms with van der Waals surface area (Å²) >= 11 is 3.29. The molecule has 0 aliphatic rings. The molecule has 2 rings (SSSR count). The van der Waals surface area contributed by atoms with Gasteiger partial charge in [-0.05, 0) is 35.0 Å². The number of carbonyl (C=O) groups is 1. The molecule has 0 fully saturated rings. The van der Waals surface area contributed by atoms with E-state index in [0.717, 1.165) is 0 Å². The molecule has 0 saturated heterocycles. The van der Waals surface area contributed by atoms with E-state index in [1.807, 2.05) is 14.0 Å². The van der Waals surface area contributed by atoms with Gasteiger partial charge >= 0.3 is 0 Å². The van der Waals surface area contributed by atoms with Gasteiger partial charge in [-0.2, -0.15) is 0 Å². The van der Waals surface area contributed by atoms with Crippen molar-refractivity contribution in [2.45, 2.75) is 13.0 Å². The second kappa shape index (κ2) is 5.26. The highest BCUT2D eigenvalue weighted by molar-refractivity contribution is 9.10. The summed E-state index contributed by atoms with van der Waals surface area (Å²) in [5.74, 6) is 0.438. The van der Waals surface area contributed by atoms with Gasteiger partial charge in [0.1, 0.15) is 12.0 Å². The average molecular weight is 310 g/mol. The summed E-state index contributed by atoms with van der Waals surface area (Å²) in [4.78, 5) is 16.1. The number of amides is 1. The summed E-state index contributed by atoms with van der Waals surface area (Å²) in [5, 5.41) is 10.6. The zero-order valence-electron chi connectivity index (χ0n) is 9.96. The lowest BCUT2D eigenvalue weighted by Gasteiger charge is -2.12. The standard InChI is InChI=1S/C11H12BrN5O/c1-7(10-16-14-6-17(10)2)15-11(18)9-8(12)4-3-5-13-9/h3-7H,1-2H3,(H,15,18). The van der Waals surface area contributed by atoms with Gasteiger partial charge in [-0.15, -0.1) is 10.2 Å². The second-order valence-corrected chi connectivity index (χ2v) is 4.68. The topological polar surface area (TPSA) is 72.7 Å². The highest BCUT2D eigenvalue weighted by Gasteiger charge is 2.17. The first kappa shape index (κ1) is 12.7. The molecule has 18 heavy (non-hydrogen) atoms. The van der Waals surface area contributed by atoms with Crippen molar-refractivity contribution in [2.75, 3.05) is 0 Å². The highest BCUT2D eigenvalue weighted by Crippen LogP contribution is 2.15. The van der Waals surface area contributed by atoms with Crippen LogP contribution >= 0.6 is 15.9 Å². The smallest absolute Gasteiger partial charge is 0.271 e. The van der Waals surface area contributed by atoms with Gasteiger partial charge in [0.25, 0.3) is 5.91 Å². The van der Waals surface area contributed by atoms with Crippen molar-refractivity contribution in [1.82, 2.24) is 25.1 Å². The molecular formula is C11H12BrN5O. The van der Waals surface area contributed by atoms with Gasteiger partial charge < -0.3 is 9.88 Å². The molecular weight excluding hydrogens is 298 g/mol. The van der Waals surface area contributed by atoms with Gasteiger partial charge in [0.2, 0.25) is 0 Å². The Kier molecular flexibility index (Phi) is 3.71. The summed E-state index contributed by atoms with van der Waals surface area (Å²) in [6, 6.07) is 3.29. The summed E-state index contributed by atoms with van der Waals surface area (Å²) in [6.45, 7) is 1.85. The van der Waals surface area contributed by atoms with Crippen molar-refractivity contribution < 1.29 is 4.79 Å².